The lowest BCUT2D eigenvalue weighted by Crippen LogP contribution is -2.38. The quantitative estimate of drug-likeness (QED) is 0.356. The summed E-state index contributed by atoms with van der Waals surface area (Å²) in [5, 5.41) is 11.3. The van der Waals surface area contributed by atoms with Crippen molar-refractivity contribution in [3.63, 3.8) is 0 Å². The first-order chi connectivity index (χ1) is 11.1. The monoisotopic (exact) mass is 349 g/mol. The molecule has 2 aliphatic rings. The number of hydrogen-bond donors (Lipinski definition) is 0. The van der Waals surface area contributed by atoms with Crippen molar-refractivity contribution in [2.24, 2.45) is 11.3 Å². The fourth-order valence-electron chi connectivity index (χ4n) is 3.52. The van der Waals surface area contributed by atoms with Crippen LogP contribution in [0.15, 0.2) is 35.2 Å². The van der Waals surface area contributed by atoms with Gasteiger partial charge in [-0.05, 0) is 43.4 Å². The Hall–Kier alpha value is -2.35. The summed E-state index contributed by atoms with van der Waals surface area (Å²) in [6, 6.07) is 3.20. The van der Waals surface area contributed by atoms with E-state index in [-0.39, 0.29) is 22.2 Å². The second-order valence-corrected chi connectivity index (χ2v) is 8.36. The third-order valence-corrected chi connectivity index (χ3v) is 5.93. The zero-order valence-electron chi connectivity index (χ0n) is 12.9. The van der Waals surface area contributed by atoms with Crippen molar-refractivity contribution < 1.29 is 22.9 Å². The number of ketones is 2. The molecule has 2 aliphatic carbocycles. The lowest BCUT2D eigenvalue weighted by Gasteiger charge is -2.27. The Morgan fingerprint density at radius 2 is 2.08 bits per heavy atom. The van der Waals surface area contributed by atoms with Gasteiger partial charge in [0.2, 0.25) is 0 Å². The Morgan fingerprint density at radius 3 is 2.71 bits per heavy atom. The Bertz CT molecular complexity index is 901. The fourth-order valence-corrected chi connectivity index (χ4v) is 4.16. The Balaban J connectivity index is 2.13. The highest BCUT2D eigenvalue weighted by molar-refractivity contribution is 7.90. The van der Waals surface area contributed by atoms with Crippen LogP contribution in [-0.2, 0) is 14.6 Å². The number of benzene rings is 1. The summed E-state index contributed by atoms with van der Waals surface area (Å²) in [4.78, 5) is 35.6. The smallest absolute Gasteiger partial charge is 0.281 e. The molecule has 7 nitrogen and oxygen atoms in total. The second kappa shape index (κ2) is 5.34. The maximum absolute atomic E-state index is 13.0. The summed E-state index contributed by atoms with van der Waals surface area (Å²) in [5.41, 5.74) is -2.05. The van der Waals surface area contributed by atoms with E-state index in [0.717, 1.165) is 18.4 Å². The normalized spacial score (nSPS) is 25.7. The van der Waals surface area contributed by atoms with Gasteiger partial charge in [-0.3, -0.25) is 19.7 Å². The van der Waals surface area contributed by atoms with Crippen LogP contribution in [0.4, 0.5) is 5.69 Å². The zero-order valence-corrected chi connectivity index (χ0v) is 13.7. The molecule has 2 atom stereocenters. The highest BCUT2D eigenvalue weighted by Crippen LogP contribution is 2.49. The molecule has 0 spiro atoms. The molecule has 1 aromatic rings. The summed E-state index contributed by atoms with van der Waals surface area (Å²) < 4.78 is 23.2. The third-order valence-electron chi connectivity index (χ3n) is 4.82. The number of Topliss-reactive ketones (excluding diaryl/α,β-unsaturated/α-hetero) is 1. The summed E-state index contributed by atoms with van der Waals surface area (Å²) in [6.07, 6.45) is 5.49. The van der Waals surface area contributed by atoms with Gasteiger partial charge in [0.25, 0.3) is 5.69 Å². The van der Waals surface area contributed by atoms with E-state index in [1.807, 2.05) is 0 Å². The number of carbonyl (C=O) groups excluding carboxylic acids is 2. The Labute approximate surface area is 138 Å². The molecule has 1 fully saturated rings. The first-order valence-corrected chi connectivity index (χ1v) is 9.30. The molecule has 1 saturated carbocycles. The van der Waals surface area contributed by atoms with Gasteiger partial charge in [-0.15, -0.1) is 0 Å². The number of carbonyl (C=O) groups is 2. The Morgan fingerprint density at radius 1 is 1.38 bits per heavy atom. The molecule has 126 valence electrons. The van der Waals surface area contributed by atoms with E-state index in [2.05, 4.69) is 0 Å². The number of nitro benzene ring substituents is 1. The molecule has 8 heteroatoms. The maximum Gasteiger partial charge on any atom is 0.281 e. The molecule has 24 heavy (non-hydrogen) atoms. The van der Waals surface area contributed by atoms with Crippen molar-refractivity contribution in [1.29, 1.82) is 0 Å². The van der Waals surface area contributed by atoms with Crippen LogP contribution in [0, 0.1) is 21.4 Å². The molecule has 0 aromatic heterocycles. The van der Waals surface area contributed by atoms with Gasteiger partial charge in [-0.1, -0.05) is 6.08 Å². The number of sulfone groups is 1. The minimum absolute atomic E-state index is 0.126. The van der Waals surface area contributed by atoms with Gasteiger partial charge in [0.15, 0.2) is 21.4 Å². The predicted octanol–water partition coefficient (Wildman–Crippen LogP) is 2.11. The molecule has 0 amide bonds. The van der Waals surface area contributed by atoms with E-state index >= 15 is 0 Å². The van der Waals surface area contributed by atoms with E-state index in [1.165, 1.54) is 12.1 Å². The van der Waals surface area contributed by atoms with Gasteiger partial charge in [0, 0.05) is 12.3 Å². The molecule has 0 saturated heterocycles. The van der Waals surface area contributed by atoms with Crippen LogP contribution >= 0.6 is 0 Å². The van der Waals surface area contributed by atoms with Gasteiger partial charge < -0.3 is 0 Å². The van der Waals surface area contributed by atoms with Crippen LogP contribution in [0.2, 0.25) is 0 Å². The van der Waals surface area contributed by atoms with Gasteiger partial charge in [-0.2, -0.15) is 0 Å². The second-order valence-electron chi connectivity index (χ2n) is 6.35. The number of hydrogen-bond acceptors (Lipinski definition) is 6. The maximum atomic E-state index is 13.0. The van der Waals surface area contributed by atoms with Crippen molar-refractivity contribution >= 4 is 27.1 Å². The Kier molecular flexibility index (Phi) is 3.67. The van der Waals surface area contributed by atoms with E-state index < -0.39 is 31.6 Å². The predicted molar refractivity (Wildman–Crippen MR) is 84.5 cm³/mol. The molecule has 0 radical (unpaired) electrons. The van der Waals surface area contributed by atoms with Crippen LogP contribution in [0.1, 0.15) is 29.6 Å². The van der Waals surface area contributed by atoms with Crippen LogP contribution in [0.25, 0.3) is 0 Å². The topological polar surface area (TPSA) is 111 Å². The minimum Gasteiger partial charge on any atom is -0.294 e. The standard InChI is InChI=1S/C16H15NO6S/c1-24(22,23)11-3-4-12(13(8-11)17(20)21)15(19)16-7-6-10(9-16)2-5-14(16)18/h2-5,8,10H,6-7,9H2,1H3. The molecule has 2 bridgehead atoms. The lowest BCUT2D eigenvalue weighted by molar-refractivity contribution is -0.385. The minimum atomic E-state index is -3.64. The molecule has 2 unspecified atom stereocenters. The van der Waals surface area contributed by atoms with E-state index in [4.69, 9.17) is 0 Å². The summed E-state index contributed by atoms with van der Waals surface area (Å²) in [6.45, 7) is 0. The van der Waals surface area contributed by atoms with Gasteiger partial charge in [0.05, 0.1) is 20.8 Å². The van der Waals surface area contributed by atoms with Crippen LogP contribution in [0.3, 0.4) is 0 Å². The van der Waals surface area contributed by atoms with Crippen LogP contribution in [0.5, 0.6) is 0 Å². The number of fused-ring (bicyclic) bond motifs is 2. The molecular formula is C16H15NO6S. The lowest BCUT2D eigenvalue weighted by atomic mass is 9.72. The molecule has 0 heterocycles. The first kappa shape index (κ1) is 16.5. The van der Waals surface area contributed by atoms with E-state index in [0.29, 0.717) is 19.3 Å². The highest BCUT2D eigenvalue weighted by atomic mass is 32.2. The highest BCUT2D eigenvalue weighted by Gasteiger charge is 2.52. The number of nitro groups is 1. The summed E-state index contributed by atoms with van der Waals surface area (Å²) in [5.74, 6) is -0.796. The third kappa shape index (κ3) is 2.47. The molecular weight excluding hydrogens is 334 g/mol. The molecule has 0 N–H and O–H groups in total. The zero-order chi connectivity index (χ0) is 17.7. The van der Waals surface area contributed by atoms with Crippen molar-refractivity contribution in [2.45, 2.75) is 24.2 Å². The fraction of sp³-hybridized carbons (Fsp3) is 0.375. The van der Waals surface area contributed by atoms with Gasteiger partial charge in [-0.25, -0.2) is 8.42 Å². The molecule has 0 aliphatic heterocycles. The SMILES string of the molecule is CS(=O)(=O)c1ccc(C(=O)C23CCC(C=CC2=O)C3)c([N+](=O)[O-])c1. The molecule has 1 aromatic carbocycles. The van der Waals surface area contributed by atoms with Crippen molar-refractivity contribution in [3.05, 3.63) is 46.0 Å². The summed E-state index contributed by atoms with van der Waals surface area (Å²) >= 11 is 0. The average molecular weight is 349 g/mol. The van der Waals surface area contributed by atoms with E-state index in [1.54, 1.807) is 6.08 Å². The largest absolute Gasteiger partial charge is 0.294 e. The van der Waals surface area contributed by atoms with Crippen molar-refractivity contribution in [1.82, 2.24) is 0 Å². The number of nitrogens with zero attached hydrogens (tertiary/aromatic N) is 1. The molecule has 3 rings (SSSR count). The summed E-state index contributed by atoms with van der Waals surface area (Å²) in [7, 11) is -3.64. The van der Waals surface area contributed by atoms with Crippen molar-refractivity contribution in [2.75, 3.05) is 6.26 Å². The number of allylic oxidation sites excluding steroid dienone is 2. The van der Waals surface area contributed by atoms with Crippen molar-refractivity contribution in [3.8, 4) is 0 Å². The van der Waals surface area contributed by atoms with Gasteiger partial charge in [0.1, 0.15) is 0 Å². The average Bonchev–Trinajstić information content (AvgIpc) is 2.89. The van der Waals surface area contributed by atoms with Gasteiger partial charge >= 0.3 is 0 Å². The van der Waals surface area contributed by atoms with Crippen LogP contribution in [-0.4, -0.2) is 31.2 Å². The van der Waals surface area contributed by atoms with Crippen LogP contribution < -0.4 is 0 Å². The number of rotatable bonds is 4. The van der Waals surface area contributed by atoms with E-state index in [9.17, 15) is 28.1 Å². The first-order valence-electron chi connectivity index (χ1n) is 7.41.